The predicted molar refractivity (Wildman–Crippen MR) is 63.7 cm³/mol. The first kappa shape index (κ1) is 16.8. The van der Waals surface area contributed by atoms with Crippen molar-refractivity contribution in [3.63, 3.8) is 0 Å². The van der Waals surface area contributed by atoms with E-state index in [-0.39, 0.29) is 6.10 Å². The van der Waals surface area contributed by atoms with Crippen LogP contribution in [0, 0.1) is 0 Å². The summed E-state index contributed by atoms with van der Waals surface area (Å²) in [6, 6.07) is 9.93. The van der Waals surface area contributed by atoms with E-state index >= 15 is 0 Å². The van der Waals surface area contributed by atoms with Gasteiger partial charge in [0.1, 0.15) is 0 Å². The lowest BCUT2D eigenvalue weighted by atomic mass is 10.1. The summed E-state index contributed by atoms with van der Waals surface area (Å²) >= 11 is 4.00. The summed E-state index contributed by atoms with van der Waals surface area (Å²) in [5, 5.41) is 16.4. The van der Waals surface area contributed by atoms with Crippen LogP contribution in [0.4, 0.5) is 13.2 Å². The molecule has 1 unspecified atom stereocenters. The Balaban J connectivity index is 0.000000360. The molecule has 3 nitrogen and oxygen atoms in total. The highest BCUT2D eigenvalue weighted by atomic mass is 32.1. The second kappa shape index (κ2) is 7.99. The summed E-state index contributed by atoms with van der Waals surface area (Å²) < 4.78 is 31.7. The maximum atomic E-state index is 10.6. The number of rotatable bonds is 3. The molecule has 0 aliphatic heterocycles. The summed E-state index contributed by atoms with van der Waals surface area (Å²) in [5.41, 5.74) is 1.16. The van der Waals surface area contributed by atoms with Gasteiger partial charge in [-0.3, -0.25) is 0 Å². The molecule has 2 N–H and O–H groups in total. The van der Waals surface area contributed by atoms with Crippen LogP contribution in [0.2, 0.25) is 0 Å². The summed E-state index contributed by atoms with van der Waals surface area (Å²) in [7, 11) is 0. The normalized spacial score (nSPS) is 12.3. The molecule has 0 fully saturated rings. The molecule has 1 atom stereocenters. The van der Waals surface area contributed by atoms with Crippen molar-refractivity contribution in [3.05, 3.63) is 35.9 Å². The summed E-state index contributed by atoms with van der Waals surface area (Å²) in [4.78, 5) is 8.90. The topological polar surface area (TPSA) is 57.5 Å². The standard InChI is InChI=1S/C9H12OS.C2HF3O2/c10-9(7-11)6-8-4-2-1-3-5-8;3-2(4,5)1(6)7/h1-5,9-11H,6-7H2;(H,6,7). The van der Waals surface area contributed by atoms with Gasteiger partial charge in [0, 0.05) is 5.75 Å². The lowest BCUT2D eigenvalue weighted by Gasteiger charge is -2.05. The number of halogens is 3. The van der Waals surface area contributed by atoms with Gasteiger partial charge in [0.2, 0.25) is 0 Å². The van der Waals surface area contributed by atoms with Crippen molar-refractivity contribution >= 4 is 18.6 Å². The van der Waals surface area contributed by atoms with Crippen LogP contribution >= 0.6 is 12.6 Å². The van der Waals surface area contributed by atoms with Crippen molar-refractivity contribution < 1.29 is 28.2 Å². The average Bonchev–Trinajstić information content (AvgIpc) is 2.29. The Morgan fingerprint density at radius 1 is 1.28 bits per heavy atom. The van der Waals surface area contributed by atoms with Crippen LogP contribution in [0.1, 0.15) is 5.56 Å². The van der Waals surface area contributed by atoms with E-state index in [0.717, 1.165) is 5.56 Å². The average molecular weight is 282 g/mol. The van der Waals surface area contributed by atoms with E-state index in [1.54, 1.807) is 0 Å². The largest absolute Gasteiger partial charge is 0.490 e. The van der Waals surface area contributed by atoms with Gasteiger partial charge in [-0.25, -0.2) is 4.79 Å². The van der Waals surface area contributed by atoms with Crippen LogP contribution in [-0.2, 0) is 11.2 Å². The Morgan fingerprint density at radius 2 is 1.72 bits per heavy atom. The highest BCUT2D eigenvalue weighted by Crippen LogP contribution is 2.13. The fraction of sp³-hybridized carbons (Fsp3) is 0.364. The summed E-state index contributed by atoms with van der Waals surface area (Å²) in [6.45, 7) is 0. The van der Waals surface area contributed by atoms with Gasteiger partial charge in [0.25, 0.3) is 0 Å². The molecule has 0 saturated carbocycles. The van der Waals surface area contributed by atoms with Gasteiger partial charge in [-0.1, -0.05) is 30.3 Å². The summed E-state index contributed by atoms with van der Waals surface area (Å²) in [6.07, 6.45) is -4.70. The van der Waals surface area contributed by atoms with E-state index in [2.05, 4.69) is 12.6 Å². The van der Waals surface area contributed by atoms with E-state index in [9.17, 15) is 18.3 Å². The maximum absolute atomic E-state index is 10.6. The Kier molecular flexibility index (Phi) is 7.45. The van der Waals surface area contributed by atoms with Crippen molar-refractivity contribution in [2.24, 2.45) is 0 Å². The van der Waals surface area contributed by atoms with Crippen LogP contribution in [-0.4, -0.2) is 34.2 Å². The maximum Gasteiger partial charge on any atom is 0.490 e. The Bertz CT molecular complexity index is 354. The highest BCUT2D eigenvalue weighted by Gasteiger charge is 2.38. The molecule has 0 aliphatic carbocycles. The molecule has 0 spiro atoms. The second-order valence-electron chi connectivity index (χ2n) is 3.33. The quantitative estimate of drug-likeness (QED) is 0.745. The third-order valence-corrected chi connectivity index (χ3v) is 2.19. The van der Waals surface area contributed by atoms with Gasteiger partial charge in [0.05, 0.1) is 6.10 Å². The molecule has 0 bridgehead atoms. The number of aliphatic hydroxyl groups is 1. The zero-order chi connectivity index (χ0) is 14.2. The number of hydrogen-bond donors (Lipinski definition) is 3. The number of carbonyl (C=O) groups is 1. The number of carboxylic acid groups (broad SMARTS) is 1. The predicted octanol–water partition coefficient (Wildman–Crippen LogP) is 2.15. The zero-order valence-corrected chi connectivity index (χ0v) is 10.2. The Labute approximate surface area is 108 Å². The molecular weight excluding hydrogens is 269 g/mol. The molecule has 1 aromatic rings. The van der Waals surface area contributed by atoms with E-state index in [1.165, 1.54) is 0 Å². The fourth-order valence-electron chi connectivity index (χ4n) is 0.951. The Morgan fingerprint density at radius 3 is 2.06 bits per heavy atom. The van der Waals surface area contributed by atoms with Crippen molar-refractivity contribution in [2.75, 3.05) is 5.75 Å². The van der Waals surface area contributed by atoms with E-state index < -0.39 is 12.1 Å². The van der Waals surface area contributed by atoms with Gasteiger partial charge in [-0.05, 0) is 12.0 Å². The number of carboxylic acids is 1. The molecule has 102 valence electrons. The molecule has 0 saturated heterocycles. The summed E-state index contributed by atoms with van der Waals surface area (Å²) in [5.74, 6) is -2.23. The van der Waals surface area contributed by atoms with Crippen LogP contribution in [0.3, 0.4) is 0 Å². The molecule has 18 heavy (non-hydrogen) atoms. The minimum atomic E-state index is -5.08. The van der Waals surface area contributed by atoms with Crippen LogP contribution < -0.4 is 0 Å². The lowest BCUT2D eigenvalue weighted by molar-refractivity contribution is -0.192. The number of aliphatic hydroxyl groups excluding tert-OH is 1. The molecule has 0 aromatic heterocycles. The molecule has 1 aromatic carbocycles. The van der Waals surface area contributed by atoms with Gasteiger partial charge in [-0.2, -0.15) is 25.8 Å². The number of benzene rings is 1. The molecule has 0 aliphatic rings. The van der Waals surface area contributed by atoms with Crippen molar-refractivity contribution in [1.29, 1.82) is 0 Å². The van der Waals surface area contributed by atoms with Gasteiger partial charge in [0.15, 0.2) is 0 Å². The third-order valence-electron chi connectivity index (χ3n) is 1.77. The van der Waals surface area contributed by atoms with E-state index in [1.807, 2.05) is 30.3 Å². The molecule has 0 heterocycles. The first-order valence-electron chi connectivity index (χ1n) is 4.90. The number of alkyl halides is 3. The van der Waals surface area contributed by atoms with Crippen molar-refractivity contribution in [2.45, 2.75) is 18.7 Å². The first-order valence-corrected chi connectivity index (χ1v) is 5.53. The molecule has 0 amide bonds. The van der Waals surface area contributed by atoms with E-state index in [0.29, 0.717) is 12.2 Å². The fourth-order valence-corrected chi connectivity index (χ4v) is 1.08. The second-order valence-corrected chi connectivity index (χ2v) is 3.69. The van der Waals surface area contributed by atoms with Gasteiger partial charge in [-0.15, -0.1) is 0 Å². The number of aliphatic carboxylic acids is 1. The molecular formula is C11H13F3O3S. The van der Waals surface area contributed by atoms with Crippen molar-refractivity contribution in [1.82, 2.24) is 0 Å². The first-order chi connectivity index (χ1) is 8.27. The minimum Gasteiger partial charge on any atom is -0.475 e. The number of thiol groups is 1. The van der Waals surface area contributed by atoms with Gasteiger partial charge < -0.3 is 10.2 Å². The Hall–Kier alpha value is -1.21. The smallest absolute Gasteiger partial charge is 0.475 e. The zero-order valence-electron chi connectivity index (χ0n) is 9.26. The lowest BCUT2D eigenvalue weighted by Crippen LogP contribution is -2.21. The van der Waals surface area contributed by atoms with Crippen LogP contribution in [0.15, 0.2) is 30.3 Å². The number of hydrogen-bond acceptors (Lipinski definition) is 3. The molecule has 0 radical (unpaired) electrons. The molecule has 7 heteroatoms. The van der Waals surface area contributed by atoms with E-state index in [4.69, 9.17) is 9.90 Å². The van der Waals surface area contributed by atoms with Crippen LogP contribution in [0.25, 0.3) is 0 Å². The van der Waals surface area contributed by atoms with Crippen molar-refractivity contribution in [3.8, 4) is 0 Å². The third kappa shape index (κ3) is 7.97. The SMILES string of the molecule is O=C(O)C(F)(F)F.OC(CS)Cc1ccccc1. The molecule has 1 rings (SSSR count). The van der Waals surface area contributed by atoms with Crippen LogP contribution in [0.5, 0.6) is 0 Å². The van der Waals surface area contributed by atoms with Gasteiger partial charge >= 0.3 is 12.1 Å². The monoisotopic (exact) mass is 282 g/mol. The highest BCUT2D eigenvalue weighted by molar-refractivity contribution is 7.80. The minimum absolute atomic E-state index is 0.319.